The van der Waals surface area contributed by atoms with E-state index in [1.807, 2.05) is 13.1 Å². The van der Waals surface area contributed by atoms with E-state index in [1.165, 1.54) is 16.1 Å². The molecule has 6 nitrogen and oxygen atoms in total. The summed E-state index contributed by atoms with van der Waals surface area (Å²) in [5, 5.41) is 6.77. The van der Waals surface area contributed by atoms with Gasteiger partial charge < -0.3 is 20.4 Å². The fourth-order valence-corrected chi connectivity index (χ4v) is 4.25. The summed E-state index contributed by atoms with van der Waals surface area (Å²) in [7, 11) is 2.18. The van der Waals surface area contributed by atoms with Crippen molar-refractivity contribution in [2.45, 2.75) is 18.7 Å². The Bertz CT molecular complexity index is 1030. The average Bonchev–Trinajstić information content (AvgIpc) is 2.78. The second kappa shape index (κ2) is 9.58. The predicted molar refractivity (Wildman–Crippen MR) is 132 cm³/mol. The lowest BCUT2D eigenvalue weighted by molar-refractivity contribution is 0.313. The molecule has 162 valence electrons. The molecule has 3 aromatic rings. The van der Waals surface area contributed by atoms with Crippen LogP contribution in [-0.4, -0.2) is 54.4 Å². The number of anilines is 5. The molecule has 7 heteroatoms. The smallest absolute Gasteiger partial charge is 0.229 e. The van der Waals surface area contributed by atoms with Crippen LogP contribution in [0.3, 0.4) is 0 Å². The van der Waals surface area contributed by atoms with E-state index in [-0.39, 0.29) is 0 Å². The van der Waals surface area contributed by atoms with Gasteiger partial charge >= 0.3 is 0 Å². The molecule has 0 radical (unpaired) electrons. The second-order valence-corrected chi connectivity index (χ2v) is 8.84. The third kappa shape index (κ3) is 5.29. The lowest BCUT2D eigenvalue weighted by Gasteiger charge is -2.34. The Morgan fingerprint density at radius 3 is 2.29 bits per heavy atom. The van der Waals surface area contributed by atoms with Crippen molar-refractivity contribution < 1.29 is 0 Å². The highest BCUT2D eigenvalue weighted by Crippen LogP contribution is 2.27. The molecule has 2 aromatic carbocycles. The van der Waals surface area contributed by atoms with E-state index in [1.54, 1.807) is 11.8 Å². The van der Waals surface area contributed by atoms with Gasteiger partial charge in [0.2, 0.25) is 5.95 Å². The Balaban J connectivity index is 1.46. The van der Waals surface area contributed by atoms with Gasteiger partial charge in [0.25, 0.3) is 0 Å². The lowest BCUT2D eigenvalue weighted by Crippen LogP contribution is -2.44. The van der Waals surface area contributed by atoms with Crippen molar-refractivity contribution in [3.05, 3.63) is 59.8 Å². The van der Waals surface area contributed by atoms with Crippen molar-refractivity contribution in [1.29, 1.82) is 0 Å². The summed E-state index contributed by atoms with van der Waals surface area (Å²) < 4.78 is 0. The number of aryl methyl sites for hydroxylation is 2. The van der Waals surface area contributed by atoms with Crippen molar-refractivity contribution in [3.63, 3.8) is 0 Å². The van der Waals surface area contributed by atoms with E-state index in [0.29, 0.717) is 5.95 Å². The Kier molecular flexibility index (Phi) is 6.63. The number of nitrogens with one attached hydrogen (secondary N) is 2. The second-order valence-electron chi connectivity index (χ2n) is 8.00. The van der Waals surface area contributed by atoms with Gasteiger partial charge in [-0.05, 0) is 69.1 Å². The highest BCUT2D eigenvalue weighted by molar-refractivity contribution is 7.98. The van der Waals surface area contributed by atoms with E-state index in [2.05, 4.69) is 88.1 Å². The van der Waals surface area contributed by atoms with Crippen LogP contribution in [-0.2, 0) is 0 Å². The SMILES string of the molecule is CSc1cc(Nc2nc(Nc3ccc(N4CCN(C)CC4)cc3)ncc2C)ccc1C. The third-order valence-electron chi connectivity index (χ3n) is 5.63. The minimum atomic E-state index is 0.581. The predicted octanol–water partition coefficient (Wildman–Crippen LogP) is 5.05. The number of hydrogen-bond donors (Lipinski definition) is 2. The molecule has 0 amide bonds. The van der Waals surface area contributed by atoms with Crippen LogP contribution < -0.4 is 15.5 Å². The van der Waals surface area contributed by atoms with Gasteiger partial charge in [-0.25, -0.2) is 4.98 Å². The largest absolute Gasteiger partial charge is 0.369 e. The average molecular weight is 435 g/mol. The number of piperazine rings is 1. The number of hydrogen-bond acceptors (Lipinski definition) is 7. The molecule has 0 spiro atoms. The Labute approximate surface area is 189 Å². The van der Waals surface area contributed by atoms with Gasteiger partial charge in [0.1, 0.15) is 5.82 Å². The third-order valence-corrected chi connectivity index (χ3v) is 6.51. The summed E-state index contributed by atoms with van der Waals surface area (Å²) in [5.41, 5.74) is 5.55. The zero-order chi connectivity index (χ0) is 21.8. The molecule has 2 heterocycles. The summed E-state index contributed by atoms with van der Waals surface area (Å²) in [6.45, 7) is 8.48. The lowest BCUT2D eigenvalue weighted by atomic mass is 10.2. The summed E-state index contributed by atoms with van der Waals surface area (Å²) in [6.07, 6.45) is 3.94. The maximum atomic E-state index is 4.71. The minimum absolute atomic E-state index is 0.581. The summed E-state index contributed by atoms with van der Waals surface area (Å²) in [4.78, 5) is 15.2. The number of rotatable bonds is 6. The van der Waals surface area contributed by atoms with Crippen LogP contribution in [0.15, 0.2) is 53.6 Å². The number of benzene rings is 2. The molecular weight excluding hydrogens is 404 g/mol. The number of thioether (sulfide) groups is 1. The van der Waals surface area contributed by atoms with Crippen LogP contribution in [0.1, 0.15) is 11.1 Å². The Hall–Kier alpha value is -2.77. The molecular formula is C24H30N6S. The summed E-state index contributed by atoms with van der Waals surface area (Å²) >= 11 is 1.75. The standard InChI is InChI=1S/C24H30N6S/c1-17-5-6-20(15-22(17)31-4)26-23-18(2)16-25-24(28-23)27-19-7-9-21(10-8-19)30-13-11-29(3)12-14-30/h5-10,15-16H,11-14H2,1-4H3,(H2,25,26,27,28). The fraction of sp³-hybridized carbons (Fsp3) is 0.333. The molecule has 1 aliphatic rings. The van der Waals surface area contributed by atoms with Gasteiger partial charge in [0.05, 0.1) is 0 Å². The van der Waals surface area contributed by atoms with Gasteiger partial charge in [0, 0.05) is 59.9 Å². The fourth-order valence-electron chi connectivity index (χ4n) is 3.61. The molecule has 0 bridgehead atoms. The topological polar surface area (TPSA) is 56.3 Å². The highest BCUT2D eigenvalue weighted by Gasteiger charge is 2.14. The van der Waals surface area contributed by atoms with Crippen LogP contribution in [0.5, 0.6) is 0 Å². The zero-order valence-electron chi connectivity index (χ0n) is 18.6. The van der Waals surface area contributed by atoms with Crippen molar-refractivity contribution in [2.24, 2.45) is 0 Å². The van der Waals surface area contributed by atoms with Crippen LogP contribution >= 0.6 is 11.8 Å². The van der Waals surface area contributed by atoms with Gasteiger partial charge in [-0.2, -0.15) is 4.98 Å². The van der Waals surface area contributed by atoms with Crippen LogP contribution in [0.2, 0.25) is 0 Å². The molecule has 1 fully saturated rings. The number of likely N-dealkylation sites (N-methyl/N-ethyl adjacent to an activating group) is 1. The maximum Gasteiger partial charge on any atom is 0.229 e. The molecule has 0 aliphatic carbocycles. The molecule has 0 atom stereocenters. The normalized spacial score (nSPS) is 14.5. The molecule has 2 N–H and O–H groups in total. The maximum absolute atomic E-state index is 4.71. The van der Waals surface area contributed by atoms with Crippen LogP contribution in [0.25, 0.3) is 0 Å². The quantitative estimate of drug-likeness (QED) is 0.526. The van der Waals surface area contributed by atoms with E-state index in [9.17, 15) is 0 Å². The first-order valence-electron chi connectivity index (χ1n) is 10.6. The van der Waals surface area contributed by atoms with E-state index >= 15 is 0 Å². The van der Waals surface area contributed by atoms with Crippen molar-refractivity contribution in [2.75, 3.05) is 55.0 Å². The first kappa shape index (κ1) is 21.5. The van der Waals surface area contributed by atoms with Gasteiger partial charge in [-0.1, -0.05) is 6.07 Å². The van der Waals surface area contributed by atoms with E-state index in [0.717, 1.165) is 48.9 Å². The summed E-state index contributed by atoms with van der Waals surface area (Å²) in [5.74, 6) is 1.39. The van der Waals surface area contributed by atoms with Gasteiger partial charge in [0.15, 0.2) is 0 Å². The molecule has 1 aromatic heterocycles. The molecule has 0 saturated carbocycles. The van der Waals surface area contributed by atoms with Crippen LogP contribution in [0, 0.1) is 13.8 Å². The monoisotopic (exact) mass is 434 g/mol. The first-order valence-corrected chi connectivity index (χ1v) is 11.8. The number of nitrogens with zero attached hydrogens (tertiary/aromatic N) is 4. The summed E-state index contributed by atoms with van der Waals surface area (Å²) in [6, 6.07) is 14.9. The Morgan fingerprint density at radius 2 is 1.58 bits per heavy atom. The zero-order valence-corrected chi connectivity index (χ0v) is 19.5. The Morgan fingerprint density at radius 1 is 0.871 bits per heavy atom. The van der Waals surface area contributed by atoms with Crippen molar-refractivity contribution in [1.82, 2.24) is 14.9 Å². The molecule has 0 unspecified atom stereocenters. The van der Waals surface area contributed by atoms with Crippen molar-refractivity contribution >= 4 is 40.6 Å². The molecule has 1 aliphatic heterocycles. The molecule has 4 rings (SSSR count). The van der Waals surface area contributed by atoms with Crippen molar-refractivity contribution in [3.8, 4) is 0 Å². The van der Waals surface area contributed by atoms with Gasteiger partial charge in [-0.15, -0.1) is 11.8 Å². The minimum Gasteiger partial charge on any atom is -0.369 e. The first-order chi connectivity index (χ1) is 15.0. The van der Waals surface area contributed by atoms with E-state index in [4.69, 9.17) is 4.98 Å². The van der Waals surface area contributed by atoms with Crippen LogP contribution in [0.4, 0.5) is 28.8 Å². The molecule has 1 saturated heterocycles. The van der Waals surface area contributed by atoms with E-state index < -0.39 is 0 Å². The highest BCUT2D eigenvalue weighted by atomic mass is 32.2. The number of aromatic nitrogens is 2. The molecule has 31 heavy (non-hydrogen) atoms. The van der Waals surface area contributed by atoms with Gasteiger partial charge in [-0.3, -0.25) is 0 Å².